The number of aromatic carboxylic acids is 1. The molecule has 1 N–H and O–H groups in total. The van der Waals surface area contributed by atoms with Gasteiger partial charge in [0.25, 0.3) is 0 Å². The van der Waals surface area contributed by atoms with Crippen LogP contribution in [0.1, 0.15) is 36.2 Å². The third kappa shape index (κ3) is 2.41. The van der Waals surface area contributed by atoms with Gasteiger partial charge in [-0.25, -0.2) is 13.6 Å². The summed E-state index contributed by atoms with van der Waals surface area (Å²) >= 11 is 0. The molecule has 1 aliphatic carbocycles. The molecular weight excluding hydrogens is 278 g/mol. The van der Waals surface area contributed by atoms with Crippen LogP contribution in [0.5, 0.6) is 0 Å². The molecule has 0 saturated heterocycles. The molecule has 1 aliphatic rings. The second kappa shape index (κ2) is 4.95. The fourth-order valence-corrected chi connectivity index (χ4v) is 2.46. The average molecular weight is 292 g/mol. The van der Waals surface area contributed by atoms with Gasteiger partial charge in [-0.1, -0.05) is 6.07 Å². The molecule has 2 aromatic rings. The lowest BCUT2D eigenvalue weighted by Gasteiger charge is -2.10. The Morgan fingerprint density at radius 2 is 2.00 bits per heavy atom. The van der Waals surface area contributed by atoms with Crippen molar-refractivity contribution in [3.8, 4) is 11.3 Å². The highest BCUT2D eigenvalue weighted by Gasteiger charge is 2.31. The number of rotatable bonds is 4. The summed E-state index contributed by atoms with van der Waals surface area (Å²) in [6, 6.07) is 3.44. The average Bonchev–Trinajstić information content (AvgIpc) is 3.17. The second-order valence-corrected chi connectivity index (χ2v) is 5.35. The van der Waals surface area contributed by atoms with Crippen molar-refractivity contribution in [2.24, 2.45) is 5.92 Å². The van der Waals surface area contributed by atoms with Gasteiger partial charge in [0.1, 0.15) is 22.9 Å². The van der Waals surface area contributed by atoms with Crippen LogP contribution < -0.4 is 0 Å². The Kier molecular flexibility index (Phi) is 3.23. The smallest absolute Gasteiger partial charge is 0.339 e. The van der Waals surface area contributed by atoms with E-state index in [1.165, 1.54) is 16.9 Å². The third-order valence-corrected chi connectivity index (χ3v) is 3.88. The van der Waals surface area contributed by atoms with E-state index >= 15 is 0 Å². The number of carboxylic acid groups (broad SMARTS) is 1. The van der Waals surface area contributed by atoms with Gasteiger partial charge in [0, 0.05) is 6.20 Å². The van der Waals surface area contributed by atoms with E-state index < -0.39 is 23.2 Å². The maximum atomic E-state index is 13.9. The minimum absolute atomic E-state index is 0.0201. The molecule has 0 aliphatic heterocycles. The van der Waals surface area contributed by atoms with Crippen molar-refractivity contribution < 1.29 is 18.7 Å². The van der Waals surface area contributed by atoms with E-state index in [1.54, 1.807) is 0 Å². The first-order chi connectivity index (χ1) is 9.99. The van der Waals surface area contributed by atoms with Gasteiger partial charge in [-0.3, -0.25) is 4.68 Å². The molecule has 1 aromatic carbocycles. The van der Waals surface area contributed by atoms with Crippen LogP contribution in [-0.2, 0) is 0 Å². The first kappa shape index (κ1) is 13.7. The van der Waals surface area contributed by atoms with Crippen LogP contribution in [0, 0.1) is 17.6 Å². The molecule has 4 nitrogen and oxygen atoms in total. The Hall–Kier alpha value is -2.24. The van der Waals surface area contributed by atoms with Gasteiger partial charge in [0.15, 0.2) is 0 Å². The van der Waals surface area contributed by atoms with Crippen molar-refractivity contribution in [3.63, 3.8) is 0 Å². The van der Waals surface area contributed by atoms with Gasteiger partial charge >= 0.3 is 5.97 Å². The van der Waals surface area contributed by atoms with E-state index in [0.717, 1.165) is 25.0 Å². The Bertz CT molecular complexity index is 687. The van der Waals surface area contributed by atoms with Gasteiger partial charge in [-0.2, -0.15) is 5.10 Å². The largest absolute Gasteiger partial charge is 0.478 e. The molecular formula is C15H14F2N2O2. The fraction of sp³-hybridized carbons (Fsp3) is 0.333. The summed E-state index contributed by atoms with van der Waals surface area (Å²) in [5, 5.41) is 13.4. The molecule has 6 heteroatoms. The molecule has 0 amide bonds. The van der Waals surface area contributed by atoms with Crippen molar-refractivity contribution in [1.29, 1.82) is 0 Å². The quantitative estimate of drug-likeness (QED) is 0.938. The molecule has 1 fully saturated rings. The van der Waals surface area contributed by atoms with Crippen molar-refractivity contribution in [3.05, 3.63) is 41.6 Å². The van der Waals surface area contributed by atoms with E-state index in [2.05, 4.69) is 5.10 Å². The number of nitrogens with zero attached hydrogens (tertiary/aromatic N) is 2. The summed E-state index contributed by atoms with van der Waals surface area (Å²) in [5.74, 6) is -2.43. The molecule has 3 rings (SSSR count). The molecule has 1 heterocycles. The molecule has 1 atom stereocenters. The molecule has 1 aromatic heterocycles. The lowest BCUT2D eigenvalue weighted by atomic mass is 10.1. The van der Waals surface area contributed by atoms with E-state index in [9.17, 15) is 18.7 Å². The molecule has 110 valence electrons. The van der Waals surface area contributed by atoms with Gasteiger partial charge in [0.2, 0.25) is 0 Å². The first-order valence-corrected chi connectivity index (χ1v) is 6.76. The van der Waals surface area contributed by atoms with E-state index in [0.29, 0.717) is 5.92 Å². The second-order valence-electron chi connectivity index (χ2n) is 5.35. The molecule has 0 bridgehead atoms. The number of hydrogen-bond donors (Lipinski definition) is 1. The Morgan fingerprint density at radius 1 is 1.38 bits per heavy atom. The zero-order valence-corrected chi connectivity index (χ0v) is 11.4. The monoisotopic (exact) mass is 292 g/mol. The predicted molar refractivity (Wildman–Crippen MR) is 72.0 cm³/mol. The van der Waals surface area contributed by atoms with Gasteiger partial charge in [-0.05, 0) is 37.8 Å². The lowest BCUT2D eigenvalue weighted by Crippen LogP contribution is -2.07. The zero-order valence-electron chi connectivity index (χ0n) is 11.4. The minimum Gasteiger partial charge on any atom is -0.478 e. The molecule has 1 saturated carbocycles. The SMILES string of the molecule is CC(C1CC1)n1cc(C(=O)O)c(-c2c(F)cccc2F)n1. The van der Waals surface area contributed by atoms with Crippen molar-refractivity contribution in [1.82, 2.24) is 9.78 Å². The summed E-state index contributed by atoms with van der Waals surface area (Å²) < 4.78 is 29.3. The van der Waals surface area contributed by atoms with Crippen molar-refractivity contribution >= 4 is 5.97 Å². The Morgan fingerprint density at radius 3 is 2.52 bits per heavy atom. The number of carboxylic acids is 1. The maximum absolute atomic E-state index is 13.9. The lowest BCUT2D eigenvalue weighted by molar-refractivity contribution is 0.0697. The van der Waals surface area contributed by atoms with Crippen LogP contribution in [-0.4, -0.2) is 20.9 Å². The topological polar surface area (TPSA) is 55.1 Å². The van der Waals surface area contributed by atoms with Crippen LogP contribution in [0.3, 0.4) is 0 Å². The van der Waals surface area contributed by atoms with Crippen LogP contribution in [0.25, 0.3) is 11.3 Å². The molecule has 1 unspecified atom stereocenters. The van der Waals surface area contributed by atoms with Gasteiger partial charge < -0.3 is 5.11 Å². The highest BCUT2D eigenvalue weighted by Crippen LogP contribution is 2.40. The van der Waals surface area contributed by atoms with Crippen LogP contribution in [0.15, 0.2) is 24.4 Å². The summed E-state index contributed by atoms with van der Waals surface area (Å²) in [5.41, 5.74) is -0.742. The van der Waals surface area contributed by atoms with Gasteiger partial charge in [-0.15, -0.1) is 0 Å². The predicted octanol–water partition coefficient (Wildman–Crippen LogP) is 3.50. The summed E-state index contributed by atoms with van der Waals surface area (Å²) in [6.45, 7) is 1.93. The number of carbonyl (C=O) groups is 1. The fourth-order valence-electron chi connectivity index (χ4n) is 2.46. The van der Waals surface area contributed by atoms with Crippen LogP contribution in [0.2, 0.25) is 0 Å². The highest BCUT2D eigenvalue weighted by atomic mass is 19.1. The van der Waals surface area contributed by atoms with Crippen LogP contribution >= 0.6 is 0 Å². The first-order valence-electron chi connectivity index (χ1n) is 6.76. The summed E-state index contributed by atoms with van der Waals surface area (Å²) in [6.07, 6.45) is 3.48. The maximum Gasteiger partial charge on any atom is 0.339 e. The normalized spacial score (nSPS) is 16.0. The highest BCUT2D eigenvalue weighted by molar-refractivity contribution is 5.94. The van der Waals surface area contributed by atoms with Crippen molar-refractivity contribution in [2.75, 3.05) is 0 Å². The molecule has 0 radical (unpaired) electrons. The Labute approximate surface area is 120 Å². The minimum atomic E-state index is -1.25. The standard InChI is InChI=1S/C15H14F2N2O2/c1-8(9-5-6-9)19-7-10(15(20)21)14(18-19)13-11(16)3-2-4-12(13)17/h2-4,7-9H,5-6H2,1H3,(H,20,21). The van der Waals surface area contributed by atoms with E-state index in [4.69, 9.17) is 0 Å². The summed E-state index contributed by atoms with van der Waals surface area (Å²) in [7, 11) is 0. The molecule has 21 heavy (non-hydrogen) atoms. The number of aromatic nitrogens is 2. The molecule has 0 spiro atoms. The Balaban J connectivity index is 2.14. The number of benzene rings is 1. The number of halogens is 2. The van der Waals surface area contributed by atoms with Gasteiger partial charge in [0.05, 0.1) is 11.6 Å². The van der Waals surface area contributed by atoms with E-state index in [1.807, 2.05) is 6.92 Å². The van der Waals surface area contributed by atoms with Crippen LogP contribution in [0.4, 0.5) is 8.78 Å². The zero-order chi connectivity index (χ0) is 15.1. The number of hydrogen-bond acceptors (Lipinski definition) is 2. The third-order valence-electron chi connectivity index (χ3n) is 3.88. The van der Waals surface area contributed by atoms with Crippen molar-refractivity contribution in [2.45, 2.75) is 25.8 Å². The van der Waals surface area contributed by atoms with E-state index in [-0.39, 0.29) is 17.3 Å². The summed E-state index contributed by atoms with van der Waals surface area (Å²) in [4.78, 5) is 11.3.